The van der Waals surface area contributed by atoms with E-state index >= 15 is 0 Å². The molecule has 0 aromatic carbocycles. The van der Waals surface area contributed by atoms with Gasteiger partial charge in [0.05, 0.1) is 12.1 Å². The van der Waals surface area contributed by atoms with Gasteiger partial charge < -0.3 is 25.3 Å². The molecule has 8 heteroatoms. The first-order chi connectivity index (χ1) is 14.3. The molecule has 0 spiro atoms. The number of hydrogen-bond acceptors (Lipinski definition) is 4. The molecule has 3 atom stereocenters. The summed E-state index contributed by atoms with van der Waals surface area (Å²) < 4.78 is 0. The fourth-order valence-electron chi connectivity index (χ4n) is 4.98. The van der Waals surface area contributed by atoms with Crippen molar-refractivity contribution in [2.24, 2.45) is 11.8 Å². The molecule has 0 bridgehead atoms. The lowest BCUT2D eigenvalue weighted by atomic mass is 9.95. The maximum atomic E-state index is 13.6. The highest BCUT2D eigenvalue weighted by atomic mass is 16.2. The molecule has 3 rings (SSSR count). The zero-order valence-corrected chi connectivity index (χ0v) is 19.0. The zero-order chi connectivity index (χ0) is 21.8. The van der Waals surface area contributed by atoms with E-state index in [2.05, 4.69) is 38.3 Å². The van der Waals surface area contributed by atoms with Crippen LogP contribution in [0.2, 0.25) is 0 Å². The molecular formula is C22H39N5O3. The molecule has 170 valence electrons. The number of hydrogen-bond donors (Lipinski definition) is 2. The van der Waals surface area contributed by atoms with Gasteiger partial charge in [0.15, 0.2) is 0 Å². The van der Waals surface area contributed by atoms with Gasteiger partial charge in [0, 0.05) is 39.3 Å². The van der Waals surface area contributed by atoms with Gasteiger partial charge in [0.2, 0.25) is 11.8 Å². The van der Waals surface area contributed by atoms with Crippen LogP contribution in [-0.2, 0) is 9.59 Å². The van der Waals surface area contributed by atoms with Crippen LogP contribution in [0, 0.1) is 11.8 Å². The number of urea groups is 1. The lowest BCUT2D eigenvalue weighted by Crippen LogP contribution is -2.63. The van der Waals surface area contributed by atoms with E-state index in [1.807, 2.05) is 14.7 Å². The summed E-state index contributed by atoms with van der Waals surface area (Å²) in [4.78, 5) is 44.6. The second kappa shape index (κ2) is 9.98. The Morgan fingerprint density at radius 3 is 2.47 bits per heavy atom. The van der Waals surface area contributed by atoms with E-state index in [1.165, 1.54) is 0 Å². The molecule has 3 heterocycles. The van der Waals surface area contributed by atoms with Crippen LogP contribution in [0.3, 0.4) is 0 Å². The van der Waals surface area contributed by atoms with Crippen molar-refractivity contribution in [1.29, 1.82) is 0 Å². The molecule has 8 nitrogen and oxygen atoms in total. The lowest BCUT2D eigenvalue weighted by molar-refractivity contribution is -0.150. The molecule has 0 aromatic rings. The number of amides is 4. The molecule has 3 aliphatic heterocycles. The number of piperidine rings is 1. The Morgan fingerprint density at radius 1 is 1.07 bits per heavy atom. The standard InChI is InChI=1S/C22H39N5O3/c1-15(2)12-18-20(28)27(11-7-23-18)19(13-16(3)4)21(29)25-9-5-6-17(14-25)26-10-8-24-22(26)30/h15-19,23H,5-14H2,1-4H3,(H,24,30)/t17?,18-,19?/m0/s1. The van der Waals surface area contributed by atoms with Gasteiger partial charge in [-0.15, -0.1) is 0 Å². The Bertz CT molecular complexity index is 638. The van der Waals surface area contributed by atoms with Crippen LogP contribution in [0.4, 0.5) is 4.79 Å². The van der Waals surface area contributed by atoms with E-state index in [4.69, 9.17) is 0 Å². The molecular weight excluding hydrogens is 382 g/mol. The minimum Gasteiger partial charge on any atom is -0.339 e. The Labute approximate surface area is 180 Å². The Hall–Kier alpha value is -1.83. The van der Waals surface area contributed by atoms with Crippen molar-refractivity contribution >= 4 is 17.8 Å². The molecule has 0 radical (unpaired) electrons. The third-order valence-corrected chi connectivity index (χ3v) is 6.43. The van der Waals surface area contributed by atoms with Crippen molar-refractivity contribution in [3.63, 3.8) is 0 Å². The first-order valence-electron chi connectivity index (χ1n) is 11.6. The number of piperazine rings is 1. The second-order valence-electron chi connectivity index (χ2n) is 9.82. The Morgan fingerprint density at radius 2 is 1.83 bits per heavy atom. The van der Waals surface area contributed by atoms with E-state index in [-0.39, 0.29) is 29.9 Å². The largest absolute Gasteiger partial charge is 0.339 e. The molecule has 0 aliphatic carbocycles. The lowest BCUT2D eigenvalue weighted by Gasteiger charge is -2.43. The number of rotatable bonds is 7. The van der Waals surface area contributed by atoms with Crippen molar-refractivity contribution in [2.45, 2.75) is 71.5 Å². The third-order valence-electron chi connectivity index (χ3n) is 6.43. The van der Waals surface area contributed by atoms with Gasteiger partial charge in [-0.3, -0.25) is 9.59 Å². The van der Waals surface area contributed by atoms with Crippen LogP contribution in [0.1, 0.15) is 53.4 Å². The highest BCUT2D eigenvalue weighted by Gasteiger charge is 2.40. The molecule has 3 fully saturated rings. The van der Waals surface area contributed by atoms with Crippen molar-refractivity contribution < 1.29 is 14.4 Å². The van der Waals surface area contributed by atoms with Crippen LogP contribution in [0.15, 0.2) is 0 Å². The van der Waals surface area contributed by atoms with E-state index in [1.54, 1.807) is 0 Å². The minimum absolute atomic E-state index is 0.0261. The summed E-state index contributed by atoms with van der Waals surface area (Å²) in [6, 6.07) is -0.580. The highest BCUT2D eigenvalue weighted by molar-refractivity contribution is 5.90. The van der Waals surface area contributed by atoms with Crippen LogP contribution in [-0.4, -0.2) is 89.9 Å². The average Bonchev–Trinajstić information content (AvgIpc) is 3.13. The number of carbonyl (C=O) groups excluding carboxylic acids is 3. The summed E-state index contributed by atoms with van der Waals surface area (Å²) in [5.41, 5.74) is 0. The van der Waals surface area contributed by atoms with Crippen LogP contribution in [0.5, 0.6) is 0 Å². The molecule has 4 amide bonds. The van der Waals surface area contributed by atoms with E-state index in [0.29, 0.717) is 51.0 Å². The zero-order valence-electron chi connectivity index (χ0n) is 19.0. The van der Waals surface area contributed by atoms with Crippen LogP contribution < -0.4 is 10.6 Å². The number of nitrogens with one attached hydrogen (secondary N) is 2. The van der Waals surface area contributed by atoms with Crippen molar-refractivity contribution in [3.05, 3.63) is 0 Å². The van der Waals surface area contributed by atoms with Crippen LogP contribution >= 0.6 is 0 Å². The SMILES string of the molecule is CC(C)CC(C(=O)N1CCCC(N2CCNC2=O)C1)N1CCN[C@@H](CC(C)C)C1=O. The Balaban J connectivity index is 1.73. The molecule has 0 aromatic heterocycles. The van der Waals surface area contributed by atoms with E-state index < -0.39 is 6.04 Å². The summed E-state index contributed by atoms with van der Waals surface area (Å²) in [5, 5.41) is 6.20. The molecule has 3 aliphatic rings. The topological polar surface area (TPSA) is 85.0 Å². The third kappa shape index (κ3) is 5.25. The minimum atomic E-state index is -0.416. The normalized spacial score (nSPS) is 26.5. The first kappa shape index (κ1) is 22.8. The van der Waals surface area contributed by atoms with Gasteiger partial charge in [-0.05, 0) is 37.5 Å². The second-order valence-corrected chi connectivity index (χ2v) is 9.82. The van der Waals surface area contributed by atoms with E-state index in [0.717, 1.165) is 25.8 Å². The maximum absolute atomic E-state index is 13.6. The molecule has 0 saturated carbocycles. The van der Waals surface area contributed by atoms with Gasteiger partial charge >= 0.3 is 6.03 Å². The maximum Gasteiger partial charge on any atom is 0.317 e. The van der Waals surface area contributed by atoms with E-state index in [9.17, 15) is 14.4 Å². The quantitative estimate of drug-likeness (QED) is 0.648. The smallest absolute Gasteiger partial charge is 0.317 e. The van der Waals surface area contributed by atoms with Crippen LogP contribution in [0.25, 0.3) is 0 Å². The average molecular weight is 422 g/mol. The summed E-state index contributed by atoms with van der Waals surface area (Å²) in [6.45, 7) is 12.4. The molecule has 3 saturated heterocycles. The first-order valence-corrected chi connectivity index (χ1v) is 11.6. The van der Waals surface area contributed by atoms with Crippen molar-refractivity contribution in [3.8, 4) is 0 Å². The Kier molecular flexibility index (Phi) is 7.60. The van der Waals surface area contributed by atoms with Gasteiger partial charge in [-0.2, -0.15) is 0 Å². The fraction of sp³-hybridized carbons (Fsp3) is 0.864. The van der Waals surface area contributed by atoms with Gasteiger partial charge in [0.25, 0.3) is 0 Å². The molecule has 30 heavy (non-hydrogen) atoms. The van der Waals surface area contributed by atoms with Gasteiger partial charge in [-0.1, -0.05) is 27.7 Å². The predicted octanol–water partition coefficient (Wildman–Crippen LogP) is 1.26. The predicted molar refractivity (Wildman–Crippen MR) is 116 cm³/mol. The number of nitrogens with zero attached hydrogens (tertiary/aromatic N) is 3. The van der Waals surface area contributed by atoms with Gasteiger partial charge in [0.1, 0.15) is 6.04 Å². The molecule has 2 unspecified atom stereocenters. The number of carbonyl (C=O) groups is 3. The molecule has 2 N–H and O–H groups in total. The summed E-state index contributed by atoms with van der Waals surface area (Å²) >= 11 is 0. The summed E-state index contributed by atoms with van der Waals surface area (Å²) in [5.74, 6) is 0.836. The van der Waals surface area contributed by atoms with Crippen molar-refractivity contribution in [1.82, 2.24) is 25.3 Å². The summed E-state index contributed by atoms with van der Waals surface area (Å²) in [7, 11) is 0. The van der Waals surface area contributed by atoms with Gasteiger partial charge in [-0.25, -0.2) is 4.79 Å². The van der Waals surface area contributed by atoms with Crippen molar-refractivity contribution in [2.75, 3.05) is 39.3 Å². The highest BCUT2D eigenvalue weighted by Crippen LogP contribution is 2.23. The summed E-state index contributed by atoms with van der Waals surface area (Å²) in [6.07, 6.45) is 3.27. The fourth-order valence-corrected chi connectivity index (χ4v) is 4.98. The number of likely N-dealkylation sites (tertiary alicyclic amines) is 1. The monoisotopic (exact) mass is 421 g/mol.